The summed E-state index contributed by atoms with van der Waals surface area (Å²) in [5.41, 5.74) is 4.03. The van der Waals surface area contributed by atoms with E-state index in [-0.39, 0.29) is 30.6 Å². The summed E-state index contributed by atoms with van der Waals surface area (Å²) in [6.07, 6.45) is -1.55. The van der Waals surface area contributed by atoms with E-state index < -0.39 is 12.1 Å². The molecule has 4 nitrogen and oxygen atoms in total. The minimum atomic E-state index is -4.06. The molecule has 1 amide bonds. The summed E-state index contributed by atoms with van der Waals surface area (Å²) < 4.78 is 38.6. The van der Waals surface area contributed by atoms with E-state index in [0.29, 0.717) is 19.4 Å². The van der Waals surface area contributed by atoms with Crippen molar-refractivity contribution in [2.45, 2.75) is 50.7 Å². The summed E-state index contributed by atoms with van der Waals surface area (Å²) in [7, 11) is 0. The van der Waals surface area contributed by atoms with Crippen LogP contribution in [0.1, 0.15) is 49.1 Å². The molecule has 2 fully saturated rings. The van der Waals surface area contributed by atoms with Crippen molar-refractivity contribution in [1.82, 2.24) is 10.6 Å². The molecule has 0 bridgehead atoms. The van der Waals surface area contributed by atoms with E-state index in [4.69, 9.17) is 0 Å². The molecule has 2 aromatic carbocycles. The van der Waals surface area contributed by atoms with Crippen molar-refractivity contribution in [2.75, 3.05) is 18.4 Å². The Kier molecular flexibility index (Phi) is 7.04. The molecule has 2 aromatic rings. The first-order valence-electron chi connectivity index (χ1n) is 11.4. The van der Waals surface area contributed by atoms with Gasteiger partial charge in [-0.15, -0.1) is 0 Å². The standard InChI is InChI=1S/C25H30F3N3O/c26-25(27,28)21-7-3-18(4-8-21)19-5-11-23(12-6-19)31-22-9-1-17(2-10-22)15-30-24(32)20-13-14-29-16-20/h1-2,5-6,9-12,18,20-21,29,31H,3-4,7-8,13-16H2,(H,30,32). The van der Waals surface area contributed by atoms with Crippen LogP contribution in [0.25, 0.3) is 0 Å². The van der Waals surface area contributed by atoms with Crippen LogP contribution >= 0.6 is 0 Å². The van der Waals surface area contributed by atoms with Gasteiger partial charge in [0.05, 0.1) is 11.8 Å². The third-order valence-corrected chi connectivity index (χ3v) is 6.71. The fourth-order valence-corrected chi connectivity index (χ4v) is 4.68. The van der Waals surface area contributed by atoms with E-state index in [9.17, 15) is 18.0 Å². The minimum absolute atomic E-state index is 0.0681. The van der Waals surface area contributed by atoms with Crippen LogP contribution in [0.3, 0.4) is 0 Å². The third-order valence-electron chi connectivity index (χ3n) is 6.71. The molecule has 1 aliphatic heterocycles. The summed E-state index contributed by atoms with van der Waals surface area (Å²) in [5.74, 6) is -0.768. The van der Waals surface area contributed by atoms with Crippen LogP contribution in [-0.4, -0.2) is 25.2 Å². The van der Waals surface area contributed by atoms with Crippen LogP contribution in [0.5, 0.6) is 0 Å². The molecular weight excluding hydrogens is 415 g/mol. The quantitative estimate of drug-likeness (QED) is 0.551. The highest BCUT2D eigenvalue weighted by molar-refractivity contribution is 5.79. The zero-order valence-electron chi connectivity index (χ0n) is 18.0. The number of amides is 1. The van der Waals surface area contributed by atoms with Gasteiger partial charge in [-0.2, -0.15) is 13.2 Å². The lowest BCUT2D eigenvalue weighted by Crippen LogP contribution is -2.31. The Balaban J connectivity index is 1.26. The lowest BCUT2D eigenvalue weighted by Gasteiger charge is -2.30. The van der Waals surface area contributed by atoms with E-state index in [1.54, 1.807) is 0 Å². The zero-order chi connectivity index (χ0) is 22.6. The fourth-order valence-electron chi connectivity index (χ4n) is 4.68. The average molecular weight is 446 g/mol. The SMILES string of the molecule is O=C(NCc1ccc(Nc2ccc(C3CCC(C(F)(F)F)CC3)cc2)cc1)C1CCNC1. The molecule has 1 aliphatic carbocycles. The maximum atomic E-state index is 12.9. The molecule has 0 radical (unpaired) electrons. The highest BCUT2D eigenvalue weighted by atomic mass is 19.4. The number of hydrogen-bond acceptors (Lipinski definition) is 3. The van der Waals surface area contributed by atoms with Crippen molar-refractivity contribution < 1.29 is 18.0 Å². The van der Waals surface area contributed by atoms with Crippen LogP contribution in [0.2, 0.25) is 0 Å². The van der Waals surface area contributed by atoms with Gasteiger partial charge in [0.2, 0.25) is 5.91 Å². The number of carbonyl (C=O) groups excluding carboxylic acids is 1. The van der Waals surface area contributed by atoms with E-state index in [0.717, 1.165) is 42.0 Å². The Morgan fingerprint density at radius 2 is 1.53 bits per heavy atom. The minimum Gasteiger partial charge on any atom is -0.356 e. The van der Waals surface area contributed by atoms with Gasteiger partial charge in [0, 0.05) is 24.5 Å². The van der Waals surface area contributed by atoms with Gasteiger partial charge in [0.15, 0.2) is 0 Å². The molecule has 1 unspecified atom stereocenters. The number of nitrogens with one attached hydrogen (secondary N) is 3. The number of rotatable bonds is 6. The Labute approximate surface area is 187 Å². The predicted molar refractivity (Wildman–Crippen MR) is 120 cm³/mol. The molecule has 0 aromatic heterocycles. The van der Waals surface area contributed by atoms with Crippen molar-refractivity contribution >= 4 is 17.3 Å². The average Bonchev–Trinajstić information content (AvgIpc) is 3.34. The molecule has 0 spiro atoms. The van der Waals surface area contributed by atoms with Crippen molar-refractivity contribution in [3.8, 4) is 0 Å². The zero-order valence-corrected chi connectivity index (χ0v) is 18.0. The van der Waals surface area contributed by atoms with E-state index >= 15 is 0 Å². The Bertz CT molecular complexity index is 882. The Morgan fingerprint density at radius 1 is 0.906 bits per heavy atom. The van der Waals surface area contributed by atoms with E-state index in [2.05, 4.69) is 16.0 Å². The van der Waals surface area contributed by atoms with Gasteiger partial charge in [-0.3, -0.25) is 4.79 Å². The number of anilines is 2. The normalized spacial score (nSPS) is 23.7. The second-order valence-electron chi connectivity index (χ2n) is 8.94. The van der Waals surface area contributed by atoms with Crippen molar-refractivity contribution in [3.63, 3.8) is 0 Å². The highest BCUT2D eigenvalue weighted by Gasteiger charge is 2.41. The Hall–Kier alpha value is -2.54. The van der Waals surface area contributed by atoms with Crippen molar-refractivity contribution in [1.29, 1.82) is 0 Å². The summed E-state index contributed by atoms with van der Waals surface area (Å²) in [4.78, 5) is 12.1. The monoisotopic (exact) mass is 445 g/mol. The molecule has 7 heteroatoms. The van der Waals surface area contributed by atoms with Crippen molar-refractivity contribution in [3.05, 3.63) is 59.7 Å². The maximum Gasteiger partial charge on any atom is 0.391 e. The lowest BCUT2D eigenvalue weighted by molar-refractivity contribution is -0.182. The van der Waals surface area contributed by atoms with Gasteiger partial charge in [0.25, 0.3) is 0 Å². The molecule has 4 rings (SSSR count). The molecule has 3 N–H and O–H groups in total. The molecular formula is C25H30F3N3O. The van der Waals surface area contributed by atoms with Gasteiger partial charge in [-0.25, -0.2) is 0 Å². The largest absolute Gasteiger partial charge is 0.391 e. The first-order valence-corrected chi connectivity index (χ1v) is 11.4. The topological polar surface area (TPSA) is 53.2 Å². The van der Waals surface area contributed by atoms with Gasteiger partial charge < -0.3 is 16.0 Å². The molecule has 2 aliphatic rings. The van der Waals surface area contributed by atoms with Crippen LogP contribution in [0.15, 0.2) is 48.5 Å². The number of alkyl halides is 3. The van der Waals surface area contributed by atoms with Gasteiger partial charge in [-0.05, 0) is 80.0 Å². The van der Waals surface area contributed by atoms with Crippen LogP contribution in [0, 0.1) is 11.8 Å². The van der Waals surface area contributed by atoms with Gasteiger partial charge >= 0.3 is 6.18 Å². The molecule has 32 heavy (non-hydrogen) atoms. The fraction of sp³-hybridized carbons (Fsp3) is 0.480. The summed E-state index contributed by atoms with van der Waals surface area (Å²) in [5, 5.41) is 9.55. The second-order valence-corrected chi connectivity index (χ2v) is 8.94. The number of hydrogen-bond donors (Lipinski definition) is 3. The van der Waals surface area contributed by atoms with Crippen LogP contribution in [-0.2, 0) is 11.3 Å². The molecule has 1 atom stereocenters. The summed E-state index contributed by atoms with van der Waals surface area (Å²) in [6.45, 7) is 2.17. The first-order chi connectivity index (χ1) is 15.4. The highest BCUT2D eigenvalue weighted by Crippen LogP contribution is 2.43. The molecule has 1 saturated heterocycles. The van der Waals surface area contributed by atoms with Crippen LogP contribution < -0.4 is 16.0 Å². The molecule has 1 saturated carbocycles. The van der Waals surface area contributed by atoms with E-state index in [1.807, 2.05) is 48.5 Å². The molecule has 1 heterocycles. The number of carbonyl (C=O) groups is 1. The predicted octanol–water partition coefficient (Wildman–Crippen LogP) is 5.49. The second kappa shape index (κ2) is 9.94. The van der Waals surface area contributed by atoms with E-state index in [1.165, 1.54) is 0 Å². The Morgan fingerprint density at radius 3 is 2.09 bits per heavy atom. The number of halogens is 3. The first kappa shape index (κ1) is 22.6. The van der Waals surface area contributed by atoms with Crippen molar-refractivity contribution in [2.24, 2.45) is 11.8 Å². The van der Waals surface area contributed by atoms with Gasteiger partial charge in [-0.1, -0.05) is 24.3 Å². The summed E-state index contributed by atoms with van der Waals surface area (Å²) in [6, 6.07) is 15.9. The maximum absolute atomic E-state index is 12.9. The third kappa shape index (κ3) is 5.82. The summed E-state index contributed by atoms with van der Waals surface area (Å²) >= 11 is 0. The van der Waals surface area contributed by atoms with Gasteiger partial charge in [0.1, 0.15) is 0 Å². The molecule has 172 valence electrons. The number of benzene rings is 2. The smallest absolute Gasteiger partial charge is 0.356 e. The van der Waals surface area contributed by atoms with Crippen LogP contribution in [0.4, 0.5) is 24.5 Å². The lowest BCUT2D eigenvalue weighted by atomic mass is 9.78.